The van der Waals surface area contributed by atoms with Gasteiger partial charge in [0.2, 0.25) is 0 Å². The van der Waals surface area contributed by atoms with Crippen molar-refractivity contribution in [2.24, 2.45) is 0 Å². The van der Waals surface area contributed by atoms with Gasteiger partial charge in [-0.05, 0) is 77.0 Å². The maximum atomic E-state index is 12.7. The summed E-state index contributed by atoms with van der Waals surface area (Å²) in [7, 11) is 5.93. The van der Waals surface area contributed by atoms with Crippen LogP contribution in [0.3, 0.4) is 0 Å². The van der Waals surface area contributed by atoms with Crippen molar-refractivity contribution in [2.75, 3.05) is 47.5 Å². The Morgan fingerprint density at radius 3 is 1.37 bits per heavy atom. The molecule has 2 atom stereocenters. The van der Waals surface area contributed by atoms with Gasteiger partial charge >= 0.3 is 17.9 Å². The highest BCUT2D eigenvalue weighted by molar-refractivity contribution is 5.71. The minimum absolute atomic E-state index is 0.180. The van der Waals surface area contributed by atoms with Crippen molar-refractivity contribution in [1.29, 1.82) is 0 Å². The van der Waals surface area contributed by atoms with Crippen LogP contribution >= 0.6 is 0 Å². The molecule has 0 rings (SSSR count). The van der Waals surface area contributed by atoms with Crippen LogP contribution in [-0.4, -0.2) is 87.4 Å². The van der Waals surface area contributed by atoms with Crippen molar-refractivity contribution in [3.05, 3.63) is 97.2 Å². The van der Waals surface area contributed by atoms with Crippen molar-refractivity contribution < 1.29 is 42.9 Å². The number of carbonyl (C=O) groups is 3. The van der Waals surface area contributed by atoms with E-state index in [1.54, 1.807) is 0 Å². The van der Waals surface area contributed by atoms with E-state index in [2.05, 4.69) is 111 Å². The van der Waals surface area contributed by atoms with Crippen molar-refractivity contribution >= 4 is 17.9 Å². The molecular weight excluding hydrogens is 779 g/mol. The molecule has 1 N–H and O–H groups in total. The number of allylic oxidation sites excluding steroid dienone is 16. The van der Waals surface area contributed by atoms with E-state index in [1.807, 2.05) is 21.1 Å². The van der Waals surface area contributed by atoms with Crippen molar-refractivity contribution in [2.45, 2.75) is 174 Å². The van der Waals surface area contributed by atoms with Crippen LogP contribution in [0.5, 0.6) is 0 Å². The lowest BCUT2D eigenvalue weighted by molar-refractivity contribution is -0.870. The van der Waals surface area contributed by atoms with Crippen LogP contribution in [0.2, 0.25) is 0 Å². The number of hydrogen-bond acceptors (Lipinski definition) is 7. The molecule has 0 aromatic rings. The molecule has 0 bridgehead atoms. The fourth-order valence-corrected chi connectivity index (χ4v) is 5.91. The second-order valence-corrected chi connectivity index (χ2v) is 16.7. The van der Waals surface area contributed by atoms with E-state index in [0.717, 1.165) is 116 Å². The number of carboxylic acids is 1. The zero-order chi connectivity index (χ0) is 45.6. The van der Waals surface area contributed by atoms with E-state index in [0.29, 0.717) is 23.9 Å². The first-order valence-corrected chi connectivity index (χ1v) is 23.9. The predicted molar refractivity (Wildman–Crippen MR) is 258 cm³/mol. The molecule has 0 saturated carbocycles. The Kier molecular flexibility index (Phi) is 41.2. The van der Waals surface area contributed by atoms with Crippen LogP contribution in [0, 0.1) is 0 Å². The highest BCUT2D eigenvalue weighted by atomic mass is 16.7. The number of carboxylic acid groups (broad SMARTS) is 1. The maximum Gasteiger partial charge on any atom is 0.361 e. The van der Waals surface area contributed by atoms with Gasteiger partial charge in [-0.15, -0.1) is 0 Å². The second kappa shape index (κ2) is 43.8. The maximum absolute atomic E-state index is 12.7. The lowest BCUT2D eigenvalue weighted by Crippen LogP contribution is -2.40. The summed E-state index contributed by atoms with van der Waals surface area (Å²) in [4.78, 5) is 36.9. The minimum Gasteiger partial charge on any atom is -0.477 e. The molecule has 0 fully saturated rings. The molecule has 0 heterocycles. The lowest BCUT2D eigenvalue weighted by atomic mass is 10.1. The van der Waals surface area contributed by atoms with Gasteiger partial charge < -0.3 is 28.5 Å². The first-order chi connectivity index (χ1) is 30.1. The number of unbranched alkanes of at least 4 members (excludes halogenated alkanes) is 11. The zero-order valence-corrected chi connectivity index (χ0v) is 39.7. The number of hydrogen-bond donors (Lipinski definition) is 1. The third-order valence-electron chi connectivity index (χ3n) is 9.61. The van der Waals surface area contributed by atoms with Crippen LogP contribution in [-0.2, 0) is 33.3 Å². The van der Waals surface area contributed by atoms with Gasteiger partial charge in [0.25, 0.3) is 6.29 Å². The van der Waals surface area contributed by atoms with Crippen molar-refractivity contribution in [3.8, 4) is 0 Å². The summed E-state index contributed by atoms with van der Waals surface area (Å²) in [5, 5.41) is 9.60. The Morgan fingerprint density at radius 1 is 0.500 bits per heavy atom. The molecule has 62 heavy (non-hydrogen) atoms. The molecule has 0 aliphatic heterocycles. The number of rotatable bonds is 42. The van der Waals surface area contributed by atoms with Gasteiger partial charge in [-0.1, -0.05) is 169 Å². The van der Waals surface area contributed by atoms with E-state index < -0.39 is 24.3 Å². The topological polar surface area (TPSA) is 108 Å². The summed E-state index contributed by atoms with van der Waals surface area (Å²) < 4.78 is 22.6. The van der Waals surface area contributed by atoms with Crippen LogP contribution in [0.4, 0.5) is 0 Å². The molecule has 9 nitrogen and oxygen atoms in total. The summed E-state index contributed by atoms with van der Waals surface area (Å²) in [6, 6.07) is 0. The van der Waals surface area contributed by atoms with Gasteiger partial charge in [-0.3, -0.25) is 9.59 Å². The standard InChI is InChI=1S/C53H87NO8/c1-6-8-10-12-14-15-16-17-18-19-20-21-22-23-24-25-26-27-28-29-30-31-32-33-34-35-36-37-38-40-42-44-51(56)62-49(47-60-50(55)43-41-39-13-11-9-7-2)48-61-53(52(57)58)59-46-45-54(3,4)5/h8,10,14-15,17-18,20-21,23-24,26-27,29-30,32-33,49,53H,6-7,9,11-13,16,19,22,25,28,31,34-48H2,1-5H3/p+1/b10-8-,15-14-,18-17-,21-20-,24-23-,27-26-,30-29-,33-32-. The molecule has 0 radical (unpaired) electrons. The van der Waals surface area contributed by atoms with Gasteiger partial charge in [-0.2, -0.15) is 0 Å². The number of likely N-dealkylation sites (N-methyl/N-ethyl adjacent to an activating group) is 1. The van der Waals surface area contributed by atoms with Crippen LogP contribution < -0.4 is 0 Å². The second-order valence-electron chi connectivity index (χ2n) is 16.7. The molecule has 0 aromatic carbocycles. The molecule has 0 spiro atoms. The molecule has 352 valence electrons. The van der Waals surface area contributed by atoms with E-state index in [-0.39, 0.29) is 32.2 Å². The zero-order valence-electron chi connectivity index (χ0n) is 39.7. The largest absolute Gasteiger partial charge is 0.477 e. The fraction of sp³-hybridized carbons (Fsp3) is 0.642. The molecule has 2 unspecified atom stereocenters. The van der Waals surface area contributed by atoms with Gasteiger partial charge in [0.05, 0.1) is 34.4 Å². The average Bonchev–Trinajstić information content (AvgIpc) is 3.23. The number of quaternary nitrogens is 1. The number of esters is 2. The number of carbonyl (C=O) groups excluding carboxylic acids is 2. The molecule has 0 amide bonds. The molecule has 9 heteroatoms. The highest BCUT2D eigenvalue weighted by Gasteiger charge is 2.25. The number of aliphatic carboxylic acids is 1. The number of nitrogens with zero attached hydrogens (tertiary/aromatic N) is 1. The summed E-state index contributed by atoms with van der Waals surface area (Å²) >= 11 is 0. The van der Waals surface area contributed by atoms with E-state index in [4.69, 9.17) is 18.9 Å². The van der Waals surface area contributed by atoms with Gasteiger partial charge in [-0.25, -0.2) is 4.79 Å². The van der Waals surface area contributed by atoms with E-state index in [1.165, 1.54) is 12.8 Å². The SMILES string of the molecule is CC/C=C\C/C=C\C/C=C\C/C=C\C/C=C\C/C=C\C/C=C\C/C=C\CCCCCCCCC(=O)OC(COC(=O)CCCCCCCC)COC(OCC[N+](C)(C)C)C(=O)O. The predicted octanol–water partition coefficient (Wildman–Crippen LogP) is 13.1. The smallest absolute Gasteiger partial charge is 0.361 e. The molecule has 0 aliphatic rings. The quantitative estimate of drug-likeness (QED) is 0.0212. The normalized spacial score (nSPS) is 13.8. The van der Waals surface area contributed by atoms with Gasteiger partial charge in [0.15, 0.2) is 6.10 Å². The monoisotopic (exact) mass is 867 g/mol. The number of ether oxygens (including phenoxy) is 4. The Labute approximate surface area is 378 Å². The Hall–Kier alpha value is -3.79. The molecule has 0 aliphatic carbocycles. The molecular formula is C53H88NO8+. The van der Waals surface area contributed by atoms with Gasteiger partial charge in [0, 0.05) is 12.8 Å². The van der Waals surface area contributed by atoms with Crippen molar-refractivity contribution in [1.82, 2.24) is 0 Å². The third kappa shape index (κ3) is 44.3. The molecule has 0 aromatic heterocycles. The van der Waals surface area contributed by atoms with E-state index >= 15 is 0 Å². The van der Waals surface area contributed by atoms with Crippen LogP contribution in [0.1, 0.15) is 162 Å². The van der Waals surface area contributed by atoms with Crippen molar-refractivity contribution in [3.63, 3.8) is 0 Å². The first kappa shape index (κ1) is 58.2. The highest BCUT2D eigenvalue weighted by Crippen LogP contribution is 2.12. The fourth-order valence-electron chi connectivity index (χ4n) is 5.91. The van der Waals surface area contributed by atoms with E-state index in [9.17, 15) is 19.5 Å². The third-order valence-corrected chi connectivity index (χ3v) is 9.61. The first-order valence-electron chi connectivity index (χ1n) is 23.9. The summed E-state index contributed by atoms with van der Waals surface area (Å²) in [6.45, 7) is 4.64. The Morgan fingerprint density at radius 2 is 0.919 bits per heavy atom. The summed E-state index contributed by atoms with van der Waals surface area (Å²) in [5.74, 6) is -2.05. The summed E-state index contributed by atoms with van der Waals surface area (Å²) in [6.07, 6.45) is 55.1. The van der Waals surface area contributed by atoms with Crippen LogP contribution in [0.25, 0.3) is 0 Å². The Bertz CT molecular complexity index is 1330. The average molecular weight is 867 g/mol. The lowest BCUT2D eigenvalue weighted by Gasteiger charge is -2.25. The minimum atomic E-state index is -1.52. The summed E-state index contributed by atoms with van der Waals surface area (Å²) in [5.41, 5.74) is 0. The van der Waals surface area contributed by atoms with Crippen LogP contribution in [0.15, 0.2) is 97.2 Å². The van der Waals surface area contributed by atoms with Gasteiger partial charge in [0.1, 0.15) is 13.2 Å². The Balaban J connectivity index is 4.21. The molecule has 0 saturated heterocycles.